The summed E-state index contributed by atoms with van der Waals surface area (Å²) in [6.45, 7) is 0. The van der Waals surface area contributed by atoms with E-state index in [2.05, 4.69) is 0 Å². The van der Waals surface area contributed by atoms with Gasteiger partial charge in [0.25, 0.3) is 0 Å². The van der Waals surface area contributed by atoms with Gasteiger partial charge in [-0.1, -0.05) is 0 Å². The summed E-state index contributed by atoms with van der Waals surface area (Å²) in [6, 6.07) is 3.80. The molecule has 0 heterocycles. The van der Waals surface area contributed by atoms with Crippen LogP contribution in [0.4, 0.5) is 8.78 Å². The molecule has 0 nitrogen and oxygen atoms in total. The second kappa shape index (κ2) is 2.54. The molecule has 0 aliphatic heterocycles. The first kappa shape index (κ1) is 6.84. The van der Waals surface area contributed by atoms with E-state index >= 15 is 0 Å². The Morgan fingerprint density at radius 1 is 1.11 bits per heavy atom. The molecule has 0 radical (unpaired) electrons. The van der Waals surface area contributed by atoms with Crippen LogP contribution in [0.5, 0.6) is 0 Å². The molecule has 0 fully saturated rings. The Balaban J connectivity index is 3.17. The van der Waals surface area contributed by atoms with E-state index in [1.807, 2.05) is 0 Å². The molecule has 0 spiro atoms. The maximum absolute atomic E-state index is 12.2. The normalized spacial score (nSPS) is 9.78. The van der Waals surface area contributed by atoms with Crippen LogP contribution in [0.15, 0.2) is 18.2 Å². The molecule has 0 aromatic heterocycles. The molecular formula is C6H3F2Ir. The Hall–Kier alpha value is -0.271. The van der Waals surface area contributed by atoms with Crippen molar-refractivity contribution in [2.45, 2.75) is 0 Å². The number of rotatable bonds is 0. The third-order valence-electron chi connectivity index (χ3n) is 0.868. The van der Waals surface area contributed by atoms with Crippen molar-refractivity contribution in [2.75, 3.05) is 0 Å². The minimum absolute atomic E-state index is 0.730. The molecular weight excluding hydrogens is 302 g/mol. The molecule has 1 rings (SSSR count). The van der Waals surface area contributed by atoms with Gasteiger partial charge in [0.1, 0.15) is 0 Å². The molecule has 0 unspecified atom stereocenters. The fraction of sp³-hybridized carbons (Fsp3) is 0. The predicted molar refractivity (Wildman–Crippen MR) is 26.0 cm³/mol. The topological polar surface area (TPSA) is 0 Å². The Kier molecular flexibility index (Phi) is 1.93. The molecule has 1 aromatic rings. The minimum atomic E-state index is -0.791. The first-order valence-electron chi connectivity index (χ1n) is 2.28. The van der Waals surface area contributed by atoms with Gasteiger partial charge in [0.15, 0.2) is 0 Å². The van der Waals surface area contributed by atoms with Gasteiger partial charge in [-0.25, -0.2) is 0 Å². The van der Waals surface area contributed by atoms with E-state index < -0.39 is 11.6 Å². The summed E-state index contributed by atoms with van der Waals surface area (Å²) in [6.07, 6.45) is 0. The van der Waals surface area contributed by atoms with Crippen molar-refractivity contribution >= 4 is 4.08 Å². The van der Waals surface area contributed by atoms with Crippen molar-refractivity contribution in [3.8, 4) is 0 Å². The summed E-state index contributed by atoms with van der Waals surface area (Å²) < 4.78 is 25.1. The van der Waals surface area contributed by atoms with E-state index in [9.17, 15) is 8.78 Å². The molecule has 0 saturated carbocycles. The summed E-state index contributed by atoms with van der Waals surface area (Å²) in [4.78, 5) is 0. The zero-order chi connectivity index (χ0) is 6.85. The van der Waals surface area contributed by atoms with E-state index in [0.717, 1.165) is 16.2 Å². The zero-order valence-electron chi connectivity index (χ0n) is 4.32. The molecule has 50 valence electrons. The van der Waals surface area contributed by atoms with Crippen LogP contribution in [0.3, 0.4) is 0 Å². The van der Waals surface area contributed by atoms with Crippen LogP contribution in [0.2, 0.25) is 0 Å². The standard InChI is InChI=1S/C6H3F2.Ir/c7-5-3-1-2-4-6(5)8;/h1,3-4H;. The van der Waals surface area contributed by atoms with Gasteiger partial charge >= 0.3 is 61.6 Å². The zero-order valence-corrected chi connectivity index (χ0v) is 6.72. The van der Waals surface area contributed by atoms with Crippen LogP contribution in [-0.2, 0) is 18.9 Å². The summed E-state index contributed by atoms with van der Waals surface area (Å²) in [5.74, 6) is -1.57. The van der Waals surface area contributed by atoms with Crippen LogP contribution in [-0.4, -0.2) is 0 Å². The van der Waals surface area contributed by atoms with Crippen LogP contribution < -0.4 is 4.08 Å². The average Bonchev–Trinajstić information content (AvgIpc) is 1.80. The Morgan fingerprint density at radius 2 is 1.78 bits per heavy atom. The Bertz CT molecular complexity index is 222. The first-order chi connectivity index (χ1) is 4.20. The van der Waals surface area contributed by atoms with Crippen LogP contribution in [0, 0.1) is 11.6 Å². The van der Waals surface area contributed by atoms with E-state index in [4.69, 9.17) is 0 Å². The van der Waals surface area contributed by atoms with Gasteiger partial charge in [-0.2, -0.15) is 0 Å². The van der Waals surface area contributed by atoms with E-state index in [-0.39, 0.29) is 0 Å². The van der Waals surface area contributed by atoms with Gasteiger partial charge < -0.3 is 0 Å². The van der Waals surface area contributed by atoms with Gasteiger partial charge in [0.2, 0.25) is 0 Å². The van der Waals surface area contributed by atoms with Crippen molar-refractivity contribution < 1.29 is 27.7 Å². The fourth-order valence-electron chi connectivity index (χ4n) is 0.461. The SMILES string of the molecule is Fc1cc[c]([Ir])cc1F. The average molecular weight is 305 g/mol. The molecule has 0 N–H and O–H groups in total. The number of hydrogen-bond donors (Lipinski definition) is 0. The second-order valence-electron chi connectivity index (χ2n) is 1.53. The van der Waals surface area contributed by atoms with Gasteiger partial charge in [-0.05, 0) is 0 Å². The van der Waals surface area contributed by atoms with Crippen molar-refractivity contribution in [1.29, 1.82) is 0 Å². The van der Waals surface area contributed by atoms with Crippen LogP contribution in [0.1, 0.15) is 0 Å². The van der Waals surface area contributed by atoms with E-state index in [0.29, 0.717) is 0 Å². The van der Waals surface area contributed by atoms with Gasteiger partial charge in [-0.3, -0.25) is 0 Å². The third-order valence-corrected chi connectivity index (χ3v) is 1.61. The molecule has 3 heteroatoms. The van der Waals surface area contributed by atoms with Crippen molar-refractivity contribution in [3.63, 3.8) is 0 Å². The molecule has 0 atom stereocenters. The number of halogens is 2. The van der Waals surface area contributed by atoms with Crippen LogP contribution >= 0.6 is 0 Å². The molecule has 0 saturated heterocycles. The Labute approximate surface area is 62.0 Å². The summed E-state index contributed by atoms with van der Waals surface area (Å²) in [5.41, 5.74) is 0. The summed E-state index contributed by atoms with van der Waals surface area (Å²) in [7, 11) is 0. The second-order valence-corrected chi connectivity index (χ2v) is 2.92. The van der Waals surface area contributed by atoms with Gasteiger partial charge in [-0.15, -0.1) is 0 Å². The van der Waals surface area contributed by atoms with Crippen molar-refractivity contribution in [3.05, 3.63) is 29.8 Å². The number of hydrogen-bond acceptors (Lipinski definition) is 0. The van der Waals surface area contributed by atoms with Gasteiger partial charge in [0, 0.05) is 0 Å². The molecule has 9 heavy (non-hydrogen) atoms. The molecule has 0 aliphatic carbocycles. The van der Waals surface area contributed by atoms with E-state index in [1.54, 1.807) is 18.9 Å². The number of benzene rings is 1. The molecule has 0 bridgehead atoms. The van der Waals surface area contributed by atoms with E-state index in [1.165, 1.54) is 6.07 Å². The fourth-order valence-corrected chi connectivity index (χ4v) is 0.964. The third kappa shape index (κ3) is 1.57. The molecule has 0 amide bonds. The summed E-state index contributed by atoms with van der Waals surface area (Å²) in [5, 5.41) is 0. The summed E-state index contributed by atoms with van der Waals surface area (Å²) >= 11 is 1.71. The maximum atomic E-state index is 12.2. The monoisotopic (exact) mass is 306 g/mol. The van der Waals surface area contributed by atoms with Crippen molar-refractivity contribution in [2.24, 2.45) is 0 Å². The van der Waals surface area contributed by atoms with Crippen LogP contribution in [0.25, 0.3) is 0 Å². The molecule has 0 aliphatic rings. The molecule has 1 aromatic carbocycles. The Morgan fingerprint density at radius 3 is 2.22 bits per heavy atom. The quantitative estimate of drug-likeness (QED) is 0.674. The van der Waals surface area contributed by atoms with Crippen molar-refractivity contribution in [1.82, 2.24) is 0 Å². The van der Waals surface area contributed by atoms with Gasteiger partial charge in [0.05, 0.1) is 0 Å². The predicted octanol–water partition coefficient (Wildman–Crippen LogP) is 1.14. The first-order valence-corrected chi connectivity index (χ1v) is 3.48.